The zero-order chi connectivity index (χ0) is 13.7. The van der Waals surface area contributed by atoms with Gasteiger partial charge >= 0.3 is 0 Å². The highest BCUT2D eigenvalue weighted by Gasteiger charge is 2.18. The molecule has 0 radical (unpaired) electrons. The molecule has 1 aliphatic heterocycles. The summed E-state index contributed by atoms with van der Waals surface area (Å²) >= 11 is 0. The van der Waals surface area contributed by atoms with E-state index in [2.05, 4.69) is 15.5 Å². The molecule has 0 saturated carbocycles. The molecule has 1 amide bonds. The first-order valence-corrected chi connectivity index (χ1v) is 7.01. The predicted molar refractivity (Wildman–Crippen MR) is 72.9 cm³/mol. The summed E-state index contributed by atoms with van der Waals surface area (Å²) in [7, 11) is 0. The molecule has 2 rings (SSSR count). The second-order valence-corrected chi connectivity index (χ2v) is 5.30. The van der Waals surface area contributed by atoms with E-state index in [0.717, 1.165) is 50.4 Å². The number of carbonyl (C=O) groups is 1. The van der Waals surface area contributed by atoms with Crippen molar-refractivity contribution in [3.63, 3.8) is 0 Å². The number of aromatic nitrogens is 2. The molecule has 1 atom stereocenters. The third kappa shape index (κ3) is 4.06. The van der Waals surface area contributed by atoms with Crippen molar-refractivity contribution < 1.29 is 9.53 Å². The van der Waals surface area contributed by atoms with Crippen molar-refractivity contribution in [2.75, 3.05) is 19.8 Å². The van der Waals surface area contributed by atoms with Crippen LogP contribution in [-0.2, 0) is 16.0 Å². The maximum Gasteiger partial charge on any atom is 0.220 e. The Morgan fingerprint density at radius 3 is 3.00 bits per heavy atom. The normalized spacial score (nSPS) is 18.7. The summed E-state index contributed by atoms with van der Waals surface area (Å²) in [6, 6.07) is 0. The van der Waals surface area contributed by atoms with E-state index >= 15 is 0 Å². The Hall–Kier alpha value is -1.36. The molecule has 1 fully saturated rings. The van der Waals surface area contributed by atoms with E-state index in [4.69, 9.17) is 4.74 Å². The molecular formula is C14H23N3O2. The van der Waals surface area contributed by atoms with Gasteiger partial charge in [-0.05, 0) is 44.6 Å². The number of carbonyl (C=O) groups excluding carboxylic acids is 1. The number of rotatable bonds is 6. The molecule has 5 heteroatoms. The quantitative estimate of drug-likeness (QED) is 0.766. The smallest absolute Gasteiger partial charge is 0.220 e. The SMILES string of the molecule is Cc1n[nH]c(C)c1CCCNC(=O)C[C@@H]1CCOC1. The van der Waals surface area contributed by atoms with Crippen LogP contribution in [0.1, 0.15) is 36.2 Å². The van der Waals surface area contributed by atoms with Gasteiger partial charge in [-0.25, -0.2) is 0 Å². The monoisotopic (exact) mass is 265 g/mol. The number of H-pyrrole nitrogens is 1. The van der Waals surface area contributed by atoms with Gasteiger partial charge in [-0.15, -0.1) is 0 Å². The number of nitrogens with one attached hydrogen (secondary N) is 2. The number of nitrogens with zero attached hydrogens (tertiary/aromatic N) is 1. The van der Waals surface area contributed by atoms with E-state index in [0.29, 0.717) is 12.3 Å². The fourth-order valence-corrected chi connectivity index (χ4v) is 2.51. The Kier molecular flexibility index (Phi) is 4.96. The van der Waals surface area contributed by atoms with Crippen LogP contribution < -0.4 is 5.32 Å². The highest BCUT2D eigenvalue weighted by Crippen LogP contribution is 2.16. The van der Waals surface area contributed by atoms with E-state index in [1.54, 1.807) is 0 Å². The van der Waals surface area contributed by atoms with Crippen molar-refractivity contribution >= 4 is 5.91 Å². The summed E-state index contributed by atoms with van der Waals surface area (Å²) in [4.78, 5) is 11.7. The lowest BCUT2D eigenvalue weighted by Gasteiger charge is -2.08. The molecule has 1 aromatic rings. The molecule has 0 aromatic carbocycles. The number of hydrogen-bond donors (Lipinski definition) is 2. The largest absolute Gasteiger partial charge is 0.381 e. The van der Waals surface area contributed by atoms with Gasteiger partial charge in [0.15, 0.2) is 0 Å². The van der Waals surface area contributed by atoms with Crippen LogP contribution in [0, 0.1) is 19.8 Å². The first kappa shape index (κ1) is 14.1. The lowest BCUT2D eigenvalue weighted by molar-refractivity contribution is -0.122. The van der Waals surface area contributed by atoms with Gasteiger partial charge in [-0.3, -0.25) is 9.89 Å². The number of aromatic amines is 1. The van der Waals surface area contributed by atoms with Gasteiger partial charge < -0.3 is 10.1 Å². The van der Waals surface area contributed by atoms with Crippen molar-refractivity contribution in [3.8, 4) is 0 Å². The maximum absolute atomic E-state index is 11.7. The summed E-state index contributed by atoms with van der Waals surface area (Å²) in [6.07, 6.45) is 3.53. The molecule has 0 unspecified atom stereocenters. The van der Waals surface area contributed by atoms with Crippen LogP contribution in [0.25, 0.3) is 0 Å². The van der Waals surface area contributed by atoms with Gasteiger partial charge in [0.05, 0.1) is 5.69 Å². The Balaban J connectivity index is 1.62. The molecule has 2 heterocycles. The lowest BCUT2D eigenvalue weighted by Crippen LogP contribution is -2.27. The van der Waals surface area contributed by atoms with Crippen LogP contribution in [0.2, 0.25) is 0 Å². The number of ether oxygens (including phenoxy) is 1. The van der Waals surface area contributed by atoms with Gasteiger partial charge in [-0.2, -0.15) is 5.10 Å². The topological polar surface area (TPSA) is 67.0 Å². The molecule has 5 nitrogen and oxygen atoms in total. The third-order valence-corrected chi connectivity index (χ3v) is 3.70. The van der Waals surface area contributed by atoms with Gasteiger partial charge in [-0.1, -0.05) is 0 Å². The molecule has 19 heavy (non-hydrogen) atoms. The Morgan fingerprint density at radius 2 is 2.37 bits per heavy atom. The van der Waals surface area contributed by atoms with Gasteiger partial charge in [0.25, 0.3) is 0 Å². The van der Waals surface area contributed by atoms with Gasteiger partial charge in [0.2, 0.25) is 5.91 Å². The Labute approximate surface area is 114 Å². The number of amides is 1. The van der Waals surface area contributed by atoms with Crippen LogP contribution in [0.15, 0.2) is 0 Å². The van der Waals surface area contributed by atoms with Crippen molar-refractivity contribution in [3.05, 3.63) is 17.0 Å². The number of aryl methyl sites for hydroxylation is 2. The molecule has 0 spiro atoms. The highest BCUT2D eigenvalue weighted by molar-refractivity contribution is 5.76. The molecule has 0 bridgehead atoms. The molecule has 0 aliphatic carbocycles. The summed E-state index contributed by atoms with van der Waals surface area (Å²) in [5.74, 6) is 0.564. The summed E-state index contributed by atoms with van der Waals surface area (Å²) in [5.41, 5.74) is 3.47. The third-order valence-electron chi connectivity index (χ3n) is 3.70. The van der Waals surface area contributed by atoms with Crippen molar-refractivity contribution in [2.45, 2.75) is 39.5 Å². The minimum absolute atomic E-state index is 0.149. The number of hydrogen-bond acceptors (Lipinski definition) is 3. The molecule has 2 N–H and O–H groups in total. The van der Waals surface area contributed by atoms with Crippen molar-refractivity contribution in [1.29, 1.82) is 0 Å². The highest BCUT2D eigenvalue weighted by atomic mass is 16.5. The van der Waals surface area contributed by atoms with Crippen LogP contribution in [0.3, 0.4) is 0 Å². The van der Waals surface area contributed by atoms with Crippen molar-refractivity contribution in [2.24, 2.45) is 5.92 Å². The second-order valence-electron chi connectivity index (χ2n) is 5.30. The Morgan fingerprint density at radius 1 is 1.53 bits per heavy atom. The average molecular weight is 265 g/mol. The average Bonchev–Trinajstić information content (AvgIpc) is 2.98. The fraction of sp³-hybridized carbons (Fsp3) is 0.714. The minimum Gasteiger partial charge on any atom is -0.381 e. The zero-order valence-electron chi connectivity index (χ0n) is 11.8. The van der Waals surface area contributed by atoms with E-state index < -0.39 is 0 Å². The fourth-order valence-electron chi connectivity index (χ4n) is 2.51. The zero-order valence-corrected chi connectivity index (χ0v) is 11.8. The minimum atomic E-state index is 0.149. The van der Waals surface area contributed by atoms with Crippen molar-refractivity contribution in [1.82, 2.24) is 15.5 Å². The summed E-state index contributed by atoms with van der Waals surface area (Å²) in [5, 5.41) is 10.1. The van der Waals surface area contributed by atoms with E-state index in [1.165, 1.54) is 5.56 Å². The Bertz CT molecular complexity index is 403. The predicted octanol–water partition coefficient (Wildman–Crippen LogP) is 1.50. The van der Waals surface area contributed by atoms with Crippen LogP contribution >= 0.6 is 0 Å². The molecule has 1 saturated heterocycles. The summed E-state index contributed by atoms with van der Waals surface area (Å²) < 4.78 is 5.27. The van der Waals surface area contributed by atoms with E-state index in [-0.39, 0.29) is 5.91 Å². The van der Waals surface area contributed by atoms with Crippen LogP contribution in [0.4, 0.5) is 0 Å². The lowest BCUT2D eigenvalue weighted by atomic mass is 10.0. The second kappa shape index (κ2) is 6.70. The molecule has 1 aromatic heterocycles. The van der Waals surface area contributed by atoms with E-state index in [9.17, 15) is 4.79 Å². The molecule has 106 valence electrons. The maximum atomic E-state index is 11.7. The first-order valence-electron chi connectivity index (χ1n) is 7.01. The van der Waals surface area contributed by atoms with Gasteiger partial charge in [0, 0.05) is 31.9 Å². The molecular weight excluding hydrogens is 242 g/mol. The summed E-state index contributed by atoms with van der Waals surface area (Å²) in [6.45, 7) is 6.32. The van der Waals surface area contributed by atoms with E-state index in [1.807, 2.05) is 13.8 Å². The van der Waals surface area contributed by atoms with Crippen LogP contribution in [-0.4, -0.2) is 35.9 Å². The van der Waals surface area contributed by atoms with Gasteiger partial charge in [0.1, 0.15) is 0 Å². The first-order chi connectivity index (χ1) is 9.16. The van der Waals surface area contributed by atoms with Crippen LogP contribution in [0.5, 0.6) is 0 Å². The molecule has 1 aliphatic rings. The standard InChI is InChI=1S/C14H23N3O2/c1-10-13(11(2)17-16-10)4-3-6-15-14(18)8-12-5-7-19-9-12/h12H,3-9H2,1-2H3,(H,15,18)(H,16,17)/t12-/m0/s1.